The van der Waals surface area contributed by atoms with Crippen LogP contribution >= 0.6 is 0 Å². The zero-order valence-corrected chi connectivity index (χ0v) is 29.7. The van der Waals surface area contributed by atoms with Crippen molar-refractivity contribution in [1.82, 2.24) is 24.9 Å². The number of hydrogen-bond donors (Lipinski definition) is 0. The SMILES string of the molecule is CCCCN(CCC)c1nc(N(CCCC)CCCC)nc(C(C)(C)N(C)C2CC(C)(C)N(OCCC)C(C)(C)C2)n1. The first-order valence-corrected chi connectivity index (χ1v) is 17.2. The van der Waals surface area contributed by atoms with Crippen LogP contribution in [0.5, 0.6) is 0 Å². The van der Waals surface area contributed by atoms with Crippen LogP contribution in [0.3, 0.4) is 0 Å². The number of anilines is 2. The van der Waals surface area contributed by atoms with E-state index in [0.717, 1.165) is 115 Å². The minimum Gasteiger partial charge on any atom is -0.341 e. The van der Waals surface area contributed by atoms with Crippen LogP contribution in [0.15, 0.2) is 0 Å². The highest BCUT2D eigenvalue weighted by atomic mass is 16.7. The van der Waals surface area contributed by atoms with Crippen molar-refractivity contribution in [2.45, 2.75) is 163 Å². The van der Waals surface area contributed by atoms with Crippen LogP contribution in [0, 0.1) is 0 Å². The minimum absolute atomic E-state index is 0.0868. The monoisotopic (exact) mass is 590 g/mol. The minimum atomic E-state index is -0.375. The number of nitrogens with zero attached hydrogens (tertiary/aromatic N) is 7. The molecule has 0 aromatic carbocycles. The van der Waals surface area contributed by atoms with E-state index in [0.29, 0.717) is 6.04 Å². The van der Waals surface area contributed by atoms with Crippen LogP contribution in [0.25, 0.3) is 0 Å². The molecule has 0 radical (unpaired) electrons. The standard InChI is InChI=1S/C34H67N7O/c1-13-18-22-39(21-16-4)30-35-29(36-31(37-30)40(23-19-14-2)24-20-15-3)34(10,11)38(12)28-26-32(6,7)41(42-25-17-5)33(8,9)27-28/h28H,13-27H2,1-12H3. The van der Waals surface area contributed by atoms with Crippen LogP contribution in [0.4, 0.5) is 11.9 Å². The molecule has 42 heavy (non-hydrogen) atoms. The summed E-state index contributed by atoms with van der Waals surface area (Å²) in [4.78, 5) is 29.4. The second-order valence-corrected chi connectivity index (χ2v) is 14.3. The number of hydrogen-bond acceptors (Lipinski definition) is 8. The normalized spacial score (nSPS) is 17.6. The van der Waals surface area contributed by atoms with Gasteiger partial charge >= 0.3 is 0 Å². The molecule has 0 saturated carbocycles. The molecule has 0 atom stereocenters. The molecule has 0 spiro atoms. The quantitative estimate of drug-likeness (QED) is 0.162. The first kappa shape index (κ1) is 36.7. The van der Waals surface area contributed by atoms with Crippen molar-refractivity contribution >= 4 is 11.9 Å². The third kappa shape index (κ3) is 9.49. The molecule has 1 saturated heterocycles. The van der Waals surface area contributed by atoms with E-state index >= 15 is 0 Å². The van der Waals surface area contributed by atoms with E-state index in [1.807, 2.05) is 0 Å². The zero-order chi connectivity index (χ0) is 31.6. The molecule has 0 N–H and O–H groups in total. The summed E-state index contributed by atoms with van der Waals surface area (Å²) >= 11 is 0. The molecule has 1 aliphatic heterocycles. The predicted molar refractivity (Wildman–Crippen MR) is 179 cm³/mol. The Hall–Kier alpha value is -1.51. The molecule has 2 rings (SSSR count). The van der Waals surface area contributed by atoms with E-state index in [-0.39, 0.29) is 16.6 Å². The summed E-state index contributed by atoms with van der Waals surface area (Å²) in [5.74, 6) is 2.56. The first-order valence-electron chi connectivity index (χ1n) is 17.2. The first-order chi connectivity index (χ1) is 19.8. The van der Waals surface area contributed by atoms with Crippen molar-refractivity contribution < 1.29 is 4.84 Å². The van der Waals surface area contributed by atoms with Gasteiger partial charge in [-0.15, -0.1) is 0 Å². The summed E-state index contributed by atoms with van der Waals surface area (Å²) in [6.07, 6.45) is 11.0. The van der Waals surface area contributed by atoms with Gasteiger partial charge in [-0.05, 0) is 93.5 Å². The lowest BCUT2D eigenvalue weighted by atomic mass is 9.77. The Balaban J connectivity index is 2.56. The Labute approximate surface area is 260 Å². The Bertz CT molecular complexity index is 893. The molecule has 1 aromatic heterocycles. The highest BCUT2D eigenvalue weighted by Crippen LogP contribution is 2.43. The molecule has 0 bridgehead atoms. The predicted octanol–water partition coefficient (Wildman–Crippen LogP) is 7.82. The van der Waals surface area contributed by atoms with Gasteiger partial charge in [-0.1, -0.05) is 53.9 Å². The maximum Gasteiger partial charge on any atom is 0.230 e. The maximum atomic E-state index is 6.34. The topological polar surface area (TPSA) is 60.9 Å². The van der Waals surface area contributed by atoms with Crippen molar-refractivity contribution in [3.8, 4) is 0 Å². The molecule has 0 amide bonds. The fraction of sp³-hybridized carbons (Fsp3) is 0.912. The highest BCUT2D eigenvalue weighted by molar-refractivity contribution is 5.40. The van der Waals surface area contributed by atoms with E-state index in [9.17, 15) is 0 Å². The van der Waals surface area contributed by atoms with Crippen LogP contribution in [-0.4, -0.2) is 81.9 Å². The summed E-state index contributed by atoms with van der Waals surface area (Å²) < 4.78 is 0. The van der Waals surface area contributed by atoms with Gasteiger partial charge in [-0.25, -0.2) is 0 Å². The fourth-order valence-corrected chi connectivity index (χ4v) is 6.48. The Morgan fingerprint density at radius 3 is 1.57 bits per heavy atom. The average molecular weight is 590 g/mol. The van der Waals surface area contributed by atoms with Gasteiger partial charge < -0.3 is 9.80 Å². The lowest BCUT2D eigenvalue weighted by Gasteiger charge is -2.56. The van der Waals surface area contributed by atoms with Gasteiger partial charge in [0.1, 0.15) is 0 Å². The second-order valence-electron chi connectivity index (χ2n) is 14.3. The highest BCUT2D eigenvalue weighted by Gasteiger charge is 2.49. The molecule has 0 unspecified atom stereocenters. The third-order valence-corrected chi connectivity index (χ3v) is 8.99. The molecular formula is C34H67N7O. The molecule has 1 aliphatic rings. The van der Waals surface area contributed by atoms with Crippen molar-refractivity contribution in [2.75, 3.05) is 49.6 Å². The van der Waals surface area contributed by atoms with Gasteiger partial charge in [0.25, 0.3) is 0 Å². The van der Waals surface area contributed by atoms with Gasteiger partial charge in [-0.2, -0.15) is 20.0 Å². The van der Waals surface area contributed by atoms with E-state index in [2.05, 4.69) is 103 Å². The summed E-state index contributed by atoms with van der Waals surface area (Å²) in [7, 11) is 2.27. The van der Waals surface area contributed by atoms with E-state index in [4.69, 9.17) is 19.8 Å². The number of piperidine rings is 1. The van der Waals surface area contributed by atoms with Crippen molar-refractivity contribution in [3.63, 3.8) is 0 Å². The van der Waals surface area contributed by atoms with Crippen molar-refractivity contribution in [1.29, 1.82) is 0 Å². The summed E-state index contributed by atoms with van der Waals surface area (Å²) in [5.41, 5.74) is -0.549. The number of unbranched alkanes of at least 4 members (excludes halogenated alkanes) is 3. The van der Waals surface area contributed by atoms with Crippen molar-refractivity contribution in [3.05, 3.63) is 5.82 Å². The third-order valence-electron chi connectivity index (χ3n) is 8.99. The van der Waals surface area contributed by atoms with Crippen LogP contribution in [-0.2, 0) is 10.4 Å². The van der Waals surface area contributed by atoms with Gasteiger partial charge in [0.15, 0.2) is 5.82 Å². The zero-order valence-electron chi connectivity index (χ0n) is 29.7. The fourth-order valence-electron chi connectivity index (χ4n) is 6.48. The second kappa shape index (κ2) is 16.5. The molecule has 244 valence electrons. The summed E-state index contributed by atoms with van der Waals surface area (Å²) in [6.45, 7) is 29.8. The van der Waals surface area contributed by atoms with Crippen LogP contribution in [0.1, 0.15) is 146 Å². The lowest BCUT2D eigenvalue weighted by molar-refractivity contribution is -0.289. The lowest BCUT2D eigenvalue weighted by Crippen LogP contribution is -2.65. The van der Waals surface area contributed by atoms with Gasteiger partial charge in [0, 0.05) is 43.3 Å². The van der Waals surface area contributed by atoms with Crippen molar-refractivity contribution in [2.24, 2.45) is 0 Å². The maximum absolute atomic E-state index is 6.34. The summed E-state index contributed by atoms with van der Waals surface area (Å²) in [6, 6.07) is 0.360. The van der Waals surface area contributed by atoms with E-state index in [1.165, 1.54) is 0 Å². The van der Waals surface area contributed by atoms with Crippen LogP contribution in [0.2, 0.25) is 0 Å². The Morgan fingerprint density at radius 1 is 0.714 bits per heavy atom. The van der Waals surface area contributed by atoms with E-state index < -0.39 is 0 Å². The number of aromatic nitrogens is 3. The number of rotatable bonds is 19. The van der Waals surface area contributed by atoms with Gasteiger partial charge in [0.2, 0.25) is 11.9 Å². The molecular weight excluding hydrogens is 522 g/mol. The van der Waals surface area contributed by atoms with Gasteiger partial charge in [0.05, 0.1) is 12.1 Å². The van der Waals surface area contributed by atoms with Crippen LogP contribution < -0.4 is 9.80 Å². The molecule has 1 fully saturated rings. The van der Waals surface area contributed by atoms with Gasteiger partial charge in [-0.3, -0.25) is 9.74 Å². The molecule has 1 aromatic rings. The summed E-state index contributed by atoms with van der Waals surface area (Å²) in [5, 5.41) is 2.27. The van der Waals surface area contributed by atoms with E-state index in [1.54, 1.807) is 0 Å². The molecule has 8 nitrogen and oxygen atoms in total. The Kier molecular flexibility index (Phi) is 14.4. The average Bonchev–Trinajstić information content (AvgIpc) is 2.93. The molecule has 8 heteroatoms. The Morgan fingerprint density at radius 2 is 1.17 bits per heavy atom. The largest absolute Gasteiger partial charge is 0.341 e. The smallest absolute Gasteiger partial charge is 0.230 e. The number of hydroxylamine groups is 2. The molecule has 0 aliphatic carbocycles. The molecule has 2 heterocycles.